The molecule has 1 amide bonds. The van der Waals surface area contributed by atoms with E-state index < -0.39 is 13.3 Å². The number of esters is 1. The molecule has 1 atom stereocenters. The Kier molecular flexibility index (Phi) is 6.51. The van der Waals surface area contributed by atoms with E-state index in [1.807, 2.05) is 18.2 Å². The Labute approximate surface area is 181 Å². The van der Waals surface area contributed by atoms with E-state index in [0.717, 1.165) is 11.8 Å². The van der Waals surface area contributed by atoms with Crippen molar-refractivity contribution in [2.24, 2.45) is 0 Å². The van der Waals surface area contributed by atoms with Crippen LogP contribution in [-0.2, 0) is 9.53 Å². The van der Waals surface area contributed by atoms with Gasteiger partial charge < -0.3 is 10.1 Å². The summed E-state index contributed by atoms with van der Waals surface area (Å²) in [5, 5.41) is 6.24. The summed E-state index contributed by atoms with van der Waals surface area (Å²) < 4.78 is 5.66. The summed E-state index contributed by atoms with van der Waals surface area (Å²) in [6.45, 7) is 0.294. The van der Waals surface area contributed by atoms with E-state index in [1.54, 1.807) is 0 Å². The van der Waals surface area contributed by atoms with Gasteiger partial charge in [-0.05, 0) is 36.4 Å². The lowest BCUT2D eigenvalue weighted by atomic mass is 10.3. The van der Waals surface area contributed by atoms with Crippen molar-refractivity contribution in [3.63, 3.8) is 0 Å². The maximum absolute atomic E-state index is 12.4. The van der Waals surface area contributed by atoms with Crippen molar-refractivity contribution in [3.05, 3.63) is 91.0 Å². The first-order valence-electron chi connectivity index (χ1n) is 9.85. The lowest BCUT2D eigenvalue weighted by Crippen LogP contribution is -2.38. The number of ether oxygens (including phenoxy) is 1. The smallest absolute Gasteiger partial charge is 0.329 e. The van der Waals surface area contributed by atoms with Crippen molar-refractivity contribution in [2.45, 2.75) is 6.04 Å². The monoisotopic (exact) mass is 436 g/mol. The summed E-state index contributed by atoms with van der Waals surface area (Å²) in [5.41, 5.74) is 0. The third-order valence-electron chi connectivity index (χ3n) is 5.22. The van der Waals surface area contributed by atoms with Crippen molar-refractivity contribution in [1.82, 2.24) is 5.32 Å². The molecule has 3 aromatic carbocycles. The van der Waals surface area contributed by atoms with E-state index in [0.29, 0.717) is 18.5 Å². The molecule has 1 aliphatic rings. The molecule has 4 rings (SSSR count). The lowest BCUT2D eigenvalue weighted by molar-refractivity contribution is -0.144. The first kappa shape index (κ1) is 20.6. The average Bonchev–Trinajstić information content (AvgIpc) is 3.25. The number of carbonyl (C=O) groups is 2. The van der Waals surface area contributed by atoms with Crippen molar-refractivity contribution < 1.29 is 14.3 Å². The Bertz CT molecular complexity index is 902. The van der Waals surface area contributed by atoms with Crippen LogP contribution in [0.4, 0.5) is 4.79 Å². The van der Waals surface area contributed by atoms with Gasteiger partial charge >= 0.3 is 5.97 Å². The van der Waals surface area contributed by atoms with Crippen molar-refractivity contribution in [2.75, 3.05) is 18.5 Å². The molecule has 0 bridgehead atoms. The van der Waals surface area contributed by atoms with Gasteiger partial charge in [-0.1, -0.05) is 66.4 Å². The van der Waals surface area contributed by atoms with Crippen LogP contribution in [0.2, 0.25) is 0 Å². The molecule has 1 saturated heterocycles. The topological polar surface area (TPSA) is 55.4 Å². The molecule has 0 spiro atoms. The number of hydrogen-bond acceptors (Lipinski definition) is 4. The molecule has 3 aromatic rings. The highest BCUT2D eigenvalue weighted by molar-refractivity contribution is 8.14. The zero-order valence-electron chi connectivity index (χ0n) is 16.4. The molecule has 1 heterocycles. The van der Waals surface area contributed by atoms with Gasteiger partial charge in [0.2, 0.25) is 0 Å². The number of thioether (sulfide) groups is 1. The second kappa shape index (κ2) is 9.46. The van der Waals surface area contributed by atoms with Crippen molar-refractivity contribution >= 4 is 46.1 Å². The molecular formula is C24H23NO3PS+. The van der Waals surface area contributed by atoms with Gasteiger partial charge in [-0.3, -0.25) is 4.79 Å². The quantitative estimate of drug-likeness (QED) is 0.456. The van der Waals surface area contributed by atoms with E-state index in [1.165, 1.54) is 15.9 Å². The Morgan fingerprint density at radius 3 is 1.73 bits per heavy atom. The minimum absolute atomic E-state index is 0.170. The number of amides is 1. The number of hydrogen-bond donors (Lipinski definition) is 1. The molecule has 152 valence electrons. The fraction of sp³-hybridized carbons (Fsp3) is 0.167. The Morgan fingerprint density at radius 2 is 1.33 bits per heavy atom. The highest BCUT2D eigenvalue weighted by Crippen LogP contribution is 2.54. The molecule has 30 heavy (non-hydrogen) atoms. The van der Waals surface area contributed by atoms with Gasteiger partial charge in [0.05, 0.1) is 0 Å². The van der Waals surface area contributed by atoms with E-state index >= 15 is 0 Å². The molecule has 1 N–H and O–H groups in total. The molecule has 0 aromatic heterocycles. The summed E-state index contributed by atoms with van der Waals surface area (Å²) in [6.07, 6.45) is 0.699. The third kappa shape index (κ3) is 4.28. The largest absolute Gasteiger partial charge is 0.460 e. The molecule has 0 aliphatic carbocycles. The summed E-state index contributed by atoms with van der Waals surface area (Å²) in [4.78, 5) is 23.8. The summed E-state index contributed by atoms with van der Waals surface area (Å²) in [5.74, 6) is 0.0641. The Balaban J connectivity index is 1.68. The molecule has 0 unspecified atom stereocenters. The van der Waals surface area contributed by atoms with Gasteiger partial charge in [0.15, 0.2) is 0 Å². The van der Waals surface area contributed by atoms with Crippen LogP contribution in [0.15, 0.2) is 91.0 Å². The summed E-state index contributed by atoms with van der Waals surface area (Å²) >= 11 is 1.12. The van der Waals surface area contributed by atoms with Crippen LogP contribution < -0.4 is 21.2 Å². The zero-order valence-corrected chi connectivity index (χ0v) is 18.2. The Morgan fingerprint density at radius 1 is 0.867 bits per heavy atom. The highest BCUT2D eigenvalue weighted by Gasteiger charge is 2.45. The van der Waals surface area contributed by atoms with Crippen LogP contribution in [0.5, 0.6) is 0 Å². The van der Waals surface area contributed by atoms with Gasteiger partial charge in [-0.2, -0.15) is 0 Å². The van der Waals surface area contributed by atoms with E-state index in [9.17, 15) is 9.59 Å². The van der Waals surface area contributed by atoms with Crippen LogP contribution in [-0.4, -0.2) is 35.8 Å². The maximum atomic E-state index is 12.4. The summed E-state index contributed by atoms with van der Waals surface area (Å²) in [7, 11) is -2.02. The first-order valence-corrected chi connectivity index (χ1v) is 12.8. The van der Waals surface area contributed by atoms with Crippen LogP contribution in [0.3, 0.4) is 0 Å². The Hall–Kier alpha value is -2.62. The number of nitrogens with one attached hydrogen (secondary N) is 1. The van der Waals surface area contributed by atoms with Crippen molar-refractivity contribution in [1.29, 1.82) is 0 Å². The van der Waals surface area contributed by atoms with Crippen LogP contribution in [0.1, 0.15) is 0 Å². The predicted molar refractivity (Wildman–Crippen MR) is 126 cm³/mol. The number of carbonyl (C=O) groups excluding carboxylic acids is 2. The zero-order chi connectivity index (χ0) is 20.8. The molecular weight excluding hydrogens is 413 g/mol. The lowest BCUT2D eigenvalue weighted by Gasteiger charge is -2.27. The van der Waals surface area contributed by atoms with Crippen LogP contribution >= 0.6 is 19.0 Å². The van der Waals surface area contributed by atoms with Crippen molar-refractivity contribution in [3.8, 4) is 0 Å². The standard InChI is InChI=1S/C24H22NO3PS/c26-23(22-18-30-24(27)25-22)28-16-17-29(19-10-4-1-5-11-19,20-12-6-2-7-13-20)21-14-8-3-9-15-21/h1-15,22H,16-18H2/p+1/t22-/m0/s1. The molecule has 0 radical (unpaired) electrons. The van der Waals surface area contributed by atoms with E-state index in [-0.39, 0.29) is 11.2 Å². The SMILES string of the molecule is O=C1N[C@H](C(=O)OCC[P+](c2ccccc2)(c2ccccc2)c2ccccc2)CS1. The fourth-order valence-corrected chi connectivity index (χ4v) is 8.62. The van der Waals surface area contributed by atoms with E-state index in [2.05, 4.69) is 78.1 Å². The van der Waals surface area contributed by atoms with Crippen LogP contribution in [0, 0.1) is 0 Å². The van der Waals surface area contributed by atoms with Gasteiger partial charge in [-0.15, -0.1) is 0 Å². The fourth-order valence-electron chi connectivity index (χ4n) is 3.78. The second-order valence-electron chi connectivity index (χ2n) is 7.00. The van der Waals surface area contributed by atoms with Gasteiger partial charge in [-0.25, -0.2) is 4.79 Å². The minimum Gasteiger partial charge on any atom is -0.460 e. The molecule has 6 heteroatoms. The molecule has 1 aliphatic heterocycles. The minimum atomic E-state index is -2.02. The summed E-state index contributed by atoms with van der Waals surface area (Å²) in [6, 6.07) is 30.9. The van der Waals surface area contributed by atoms with Gasteiger partial charge in [0, 0.05) is 5.75 Å². The van der Waals surface area contributed by atoms with E-state index in [4.69, 9.17) is 4.74 Å². The number of benzene rings is 3. The first-order chi connectivity index (χ1) is 14.7. The third-order valence-corrected chi connectivity index (χ3v) is 10.5. The highest BCUT2D eigenvalue weighted by atomic mass is 32.2. The molecule has 0 saturated carbocycles. The second-order valence-corrected chi connectivity index (χ2v) is 11.6. The average molecular weight is 436 g/mol. The molecule has 4 nitrogen and oxygen atoms in total. The van der Waals surface area contributed by atoms with Gasteiger partial charge in [0.25, 0.3) is 5.24 Å². The maximum Gasteiger partial charge on any atom is 0.329 e. The number of rotatable bonds is 7. The van der Waals surface area contributed by atoms with Crippen LogP contribution in [0.25, 0.3) is 0 Å². The predicted octanol–water partition coefficient (Wildman–Crippen LogP) is 3.35. The normalized spacial score (nSPS) is 16.1. The van der Waals surface area contributed by atoms with Gasteiger partial charge in [0.1, 0.15) is 42.0 Å². The molecule has 1 fully saturated rings.